The zero-order valence-corrected chi connectivity index (χ0v) is 10.6. The van der Waals surface area contributed by atoms with Gasteiger partial charge in [0.2, 0.25) is 5.91 Å². The molecule has 0 aliphatic heterocycles. The molecular weight excluding hydrogens is 246 g/mol. The number of carbonyl (C=O) groups is 2. The maximum atomic E-state index is 11.2. The lowest BCUT2D eigenvalue weighted by Crippen LogP contribution is -2.08. The van der Waals surface area contributed by atoms with Crippen molar-refractivity contribution in [3.05, 3.63) is 35.9 Å². The van der Waals surface area contributed by atoms with Crippen molar-refractivity contribution < 1.29 is 19.4 Å². The van der Waals surface area contributed by atoms with Crippen LogP contribution in [0.4, 0.5) is 5.69 Å². The van der Waals surface area contributed by atoms with Crippen LogP contribution in [0, 0.1) is 0 Å². The van der Waals surface area contributed by atoms with Crippen molar-refractivity contribution in [3.8, 4) is 5.75 Å². The lowest BCUT2D eigenvalue weighted by molar-refractivity contribution is -0.114. The molecule has 0 spiro atoms. The lowest BCUT2D eigenvalue weighted by Gasteiger charge is -2.12. The van der Waals surface area contributed by atoms with Gasteiger partial charge in [-0.2, -0.15) is 0 Å². The fourth-order valence-electron chi connectivity index (χ4n) is 1.92. The van der Waals surface area contributed by atoms with Gasteiger partial charge in [0.15, 0.2) is 0 Å². The highest BCUT2D eigenvalue weighted by molar-refractivity contribution is 6.05. The molecular formula is C14H13NO4. The Labute approximate surface area is 109 Å². The van der Waals surface area contributed by atoms with Gasteiger partial charge in [0.05, 0.1) is 18.4 Å². The maximum absolute atomic E-state index is 11.2. The number of benzene rings is 2. The first-order chi connectivity index (χ1) is 9.02. The standard InChI is InChI=1S/C14H13NO4/c1-8(16)15-13-11-5-3-10(14(17)18)7-9(11)4-6-12(13)19-2/h3-7H,1-2H3,(H,15,16)(H,17,18). The predicted octanol–water partition coefficient (Wildman–Crippen LogP) is 2.51. The van der Waals surface area contributed by atoms with Crippen molar-refractivity contribution in [1.29, 1.82) is 0 Å². The zero-order valence-electron chi connectivity index (χ0n) is 10.6. The van der Waals surface area contributed by atoms with Crippen LogP contribution < -0.4 is 10.1 Å². The van der Waals surface area contributed by atoms with Crippen molar-refractivity contribution in [3.63, 3.8) is 0 Å². The summed E-state index contributed by atoms with van der Waals surface area (Å²) in [6.07, 6.45) is 0. The molecule has 98 valence electrons. The molecule has 5 heteroatoms. The van der Waals surface area contributed by atoms with E-state index in [9.17, 15) is 9.59 Å². The topological polar surface area (TPSA) is 75.6 Å². The first-order valence-electron chi connectivity index (χ1n) is 5.64. The molecule has 2 aromatic rings. The molecule has 0 unspecified atom stereocenters. The summed E-state index contributed by atoms with van der Waals surface area (Å²) in [4.78, 5) is 22.2. The number of aromatic carboxylic acids is 1. The molecule has 0 radical (unpaired) electrons. The molecule has 0 aromatic heterocycles. The van der Waals surface area contributed by atoms with Crippen LogP contribution in [-0.2, 0) is 4.79 Å². The highest BCUT2D eigenvalue weighted by Gasteiger charge is 2.11. The number of carboxylic acid groups (broad SMARTS) is 1. The van der Waals surface area contributed by atoms with Crippen LogP contribution >= 0.6 is 0 Å². The zero-order chi connectivity index (χ0) is 14.0. The van der Waals surface area contributed by atoms with Gasteiger partial charge < -0.3 is 15.2 Å². The van der Waals surface area contributed by atoms with E-state index in [4.69, 9.17) is 9.84 Å². The Balaban J connectivity index is 2.67. The Hall–Kier alpha value is -2.56. The average Bonchev–Trinajstić information content (AvgIpc) is 2.37. The SMILES string of the molecule is COc1ccc2cc(C(=O)O)ccc2c1NC(C)=O. The third-order valence-corrected chi connectivity index (χ3v) is 2.75. The molecule has 5 nitrogen and oxygen atoms in total. The molecule has 0 heterocycles. The van der Waals surface area contributed by atoms with Crippen LogP contribution in [0.2, 0.25) is 0 Å². The molecule has 0 aliphatic carbocycles. The average molecular weight is 259 g/mol. The summed E-state index contributed by atoms with van der Waals surface area (Å²) < 4.78 is 5.20. The molecule has 2 rings (SSSR count). The van der Waals surface area contributed by atoms with Crippen molar-refractivity contribution in [2.24, 2.45) is 0 Å². The summed E-state index contributed by atoms with van der Waals surface area (Å²) in [5.41, 5.74) is 0.746. The third kappa shape index (κ3) is 2.49. The Kier molecular flexibility index (Phi) is 3.37. The minimum atomic E-state index is -0.987. The quantitative estimate of drug-likeness (QED) is 0.888. The predicted molar refractivity (Wildman–Crippen MR) is 71.8 cm³/mol. The second kappa shape index (κ2) is 4.97. The maximum Gasteiger partial charge on any atom is 0.335 e. The van der Waals surface area contributed by atoms with E-state index in [1.807, 2.05) is 0 Å². The number of hydrogen-bond acceptors (Lipinski definition) is 3. The highest BCUT2D eigenvalue weighted by atomic mass is 16.5. The van der Waals surface area contributed by atoms with E-state index in [-0.39, 0.29) is 11.5 Å². The Morgan fingerprint density at radius 3 is 2.53 bits per heavy atom. The number of carboxylic acids is 1. The van der Waals surface area contributed by atoms with Crippen LogP contribution in [0.25, 0.3) is 10.8 Å². The van der Waals surface area contributed by atoms with Crippen LogP contribution in [0.15, 0.2) is 30.3 Å². The molecule has 0 bridgehead atoms. The summed E-state index contributed by atoms with van der Waals surface area (Å²) in [5, 5.41) is 13.1. The molecule has 0 aliphatic rings. The van der Waals surface area contributed by atoms with Gasteiger partial charge in [-0.3, -0.25) is 4.79 Å². The van der Waals surface area contributed by atoms with Crippen LogP contribution in [0.1, 0.15) is 17.3 Å². The van der Waals surface area contributed by atoms with E-state index in [0.717, 1.165) is 10.8 Å². The van der Waals surface area contributed by atoms with Gasteiger partial charge in [-0.15, -0.1) is 0 Å². The van der Waals surface area contributed by atoms with Crippen molar-refractivity contribution in [1.82, 2.24) is 0 Å². The Morgan fingerprint density at radius 1 is 1.21 bits per heavy atom. The highest BCUT2D eigenvalue weighted by Crippen LogP contribution is 2.33. The number of ether oxygens (including phenoxy) is 1. The minimum Gasteiger partial charge on any atom is -0.495 e. The monoisotopic (exact) mass is 259 g/mol. The van der Waals surface area contributed by atoms with Gasteiger partial charge in [-0.05, 0) is 23.6 Å². The second-order valence-electron chi connectivity index (χ2n) is 4.07. The van der Waals surface area contributed by atoms with Crippen LogP contribution in [0.3, 0.4) is 0 Å². The van der Waals surface area contributed by atoms with E-state index in [1.54, 1.807) is 24.3 Å². The minimum absolute atomic E-state index is 0.200. The van der Waals surface area contributed by atoms with Gasteiger partial charge in [0.25, 0.3) is 0 Å². The Bertz CT molecular complexity index is 664. The smallest absolute Gasteiger partial charge is 0.335 e. The van der Waals surface area contributed by atoms with Crippen molar-refractivity contribution in [2.75, 3.05) is 12.4 Å². The van der Waals surface area contributed by atoms with Gasteiger partial charge >= 0.3 is 5.97 Å². The number of nitrogens with one attached hydrogen (secondary N) is 1. The van der Waals surface area contributed by atoms with Gasteiger partial charge in [-0.1, -0.05) is 12.1 Å². The Morgan fingerprint density at radius 2 is 1.95 bits per heavy atom. The fourth-order valence-corrected chi connectivity index (χ4v) is 1.92. The number of fused-ring (bicyclic) bond motifs is 1. The molecule has 0 saturated heterocycles. The summed E-state index contributed by atoms with van der Waals surface area (Å²) in [5.74, 6) is -0.669. The van der Waals surface area contributed by atoms with E-state index in [0.29, 0.717) is 11.4 Å². The van der Waals surface area contributed by atoms with Crippen LogP contribution in [-0.4, -0.2) is 24.1 Å². The summed E-state index contributed by atoms with van der Waals surface area (Å²) in [6.45, 7) is 1.41. The number of anilines is 1. The molecule has 0 fully saturated rings. The lowest BCUT2D eigenvalue weighted by atomic mass is 10.0. The molecule has 2 N–H and O–H groups in total. The number of hydrogen-bond donors (Lipinski definition) is 2. The largest absolute Gasteiger partial charge is 0.495 e. The van der Waals surface area contributed by atoms with Crippen LogP contribution in [0.5, 0.6) is 5.75 Å². The normalized spacial score (nSPS) is 10.2. The molecule has 19 heavy (non-hydrogen) atoms. The summed E-state index contributed by atoms with van der Waals surface area (Å²) >= 11 is 0. The second-order valence-corrected chi connectivity index (χ2v) is 4.07. The van der Waals surface area contributed by atoms with E-state index >= 15 is 0 Å². The molecule has 1 amide bonds. The number of methoxy groups -OCH3 is 1. The summed E-state index contributed by atoms with van der Waals surface area (Å²) in [7, 11) is 1.51. The van der Waals surface area contributed by atoms with Crippen molar-refractivity contribution >= 4 is 28.3 Å². The molecule has 2 aromatic carbocycles. The fraction of sp³-hybridized carbons (Fsp3) is 0.143. The number of amides is 1. The van der Waals surface area contributed by atoms with Gasteiger partial charge in [0, 0.05) is 12.3 Å². The first-order valence-corrected chi connectivity index (χ1v) is 5.64. The molecule has 0 saturated carbocycles. The van der Waals surface area contributed by atoms with Crippen molar-refractivity contribution in [2.45, 2.75) is 6.92 Å². The van der Waals surface area contributed by atoms with E-state index in [2.05, 4.69) is 5.32 Å². The summed E-state index contributed by atoms with van der Waals surface area (Å²) in [6, 6.07) is 8.16. The third-order valence-electron chi connectivity index (χ3n) is 2.75. The number of carbonyl (C=O) groups excluding carboxylic acids is 1. The van der Waals surface area contributed by atoms with Gasteiger partial charge in [-0.25, -0.2) is 4.79 Å². The van der Waals surface area contributed by atoms with E-state index in [1.165, 1.54) is 20.1 Å². The molecule has 0 atom stereocenters. The van der Waals surface area contributed by atoms with E-state index < -0.39 is 5.97 Å². The first kappa shape index (κ1) is 12.9. The number of rotatable bonds is 3. The van der Waals surface area contributed by atoms with Gasteiger partial charge in [0.1, 0.15) is 5.75 Å².